The van der Waals surface area contributed by atoms with Crippen LogP contribution in [0.2, 0.25) is 0 Å². The van der Waals surface area contributed by atoms with E-state index in [0.29, 0.717) is 51.9 Å². The van der Waals surface area contributed by atoms with Crippen molar-refractivity contribution in [2.75, 3.05) is 26.2 Å². The fourth-order valence-corrected chi connectivity index (χ4v) is 3.44. The summed E-state index contributed by atoms with van der Waals surface area (Å²) in [7, 11) is 0. The third-order valence-corrected chi connectivity index (χ3v) is 4.97. The van der Waals surface area contributed by atoms with E-state index >= 15 is 0 Å². The van der Waals surface area contributed by atoms with Crippen molar-refractivity contribution in [2.24, 2.45) is 0 Å². The van der Waals surface area contributed by atoms with Crippen molar-refractivity contribution < 1.29 is 19.1 Å². The Bertz CT molecular complexity index is 622. The Labute approximate surface area is 154 Å². The van der Waals surface area contributed by atoms with Gasteiger partial charge in [0.05, 0.1) is 12.0 Å². The number of carbonyl (C=O) groups is 3. The maximum atomic E-state index is 13.0. The highest BCUT2D eigenvalue weighted by Crippen LogP contribution is 2.36. The smallest absolute Gasteiger partial charge is 0.305 e. The van der Waals surface area contributed by atoms with Crippen LogP contribution in [-0.4, -0.2) is 48.9 Å². The van der Waals surface area contributed by atoms with Gasteiger partial charge in [0.25, 0.3) is 0 Å². The lowest BCUT2D eigenvalue weighted by atomic mass is 9.72. The Morgan fingerprint density at radius 2 is 1.81 bits per heavy atom. The Balaban J connectivity index is 2.02. The second-order valence-corrected chi connectivity index (χ2v) is 6.62. The molecule has 1 aromatic rings. The summed E-state index contributed by atoms with van der Waals surface area (Å²) >= 11 is 0. The van der Waals surface area contributed by atoms with Gasteiger partial charge in [0.2, 0.25) is 11.8 Å². The first-order valence-electron chi connectivity index (χ1n) is 9.24. The molecule has 1 fully saturated rings. The average molecular weight is 360 g/mol. The first-order chi connectivity index (χ1) is 12.5. The highest BCUT2D eigenvalue weighted by molar-refractivity contribution is 5.88. The van der Waals surface area contributed by atoms with Gasteiger partial charge < -0.3 is 15.0 Å². The first-order valence-corrected chi connectivity index (χ1v) is 9.24. The van der Waals surface area contributed by atoms with E-state index in [0.717, 1.165) is 5.56 Å². The summed E-state index contributed by atoms with van der Waals surface area (Å²) in [6.45, 7) is 5.28. The van der Waals surface area contributed by atoms with Crippen LogP contribution in [0.3, 0.4) is 0 Å². The van der Waals surface area contributed by atoms with E-state index in [2.05, 4.69) is 5.32 Å². The Morgan fingerprint density at radius 1 is 1.15 bits per heavy atom. The molecule has 1 aromatic carbocycles. The summed E-state index contributed by atoms with van der Waals surface area (Å²) in [5.41, 5.74) is 0.350. The van der Waals surface area contributed by atoms with Gasteiger partial charge in [-0.2, -0.15) is 0 Å². The fourth-order valence-electron chi connectivity index (χ4n) is 3.44. The van der Waals surface area contributed by atoms with Crippen molar-refractivity contribution in [1.29, 1.82) is 0 Å². The summed E-state index contributed by atoms with van der Waals surface area (Å²) in [6, 6.07) is 9.74. The third kappa shape index (κ3) is 4.84. The fraction of sp³-hybridized carbons (Fsp3) is 0.550. The van der Waals surface area contributed by atoms with Crippen LogP contribution in [-0.2, 0) is 24.5 Å². The molecule has 1 heterocycles. The van der Waals surface area contributed by atoms with E-state index < -0.39 is 5.41 Å². The van der Waals surface area contributed by atoms with Gasteiger partial charge >= 0.3 is 5.97 Å². The molecule has 6 heteroatoms. The summed E-state index contributed by atoms with van der Waals surface area (Å²) < 4.78 is 4.90. The van der Waals surface area contributed by atoms with Crippen LogP contribution >= 0.6 is 0 Å². The second-order valence-electron chi connectivity index (χ2n) is 6.62. The normalized spacial score (nSPS) is 16.0. The zero-order chi connectivity index (χ0) is 19.0. The second kappa shape index (κ2) is 9.36. The largest absolute Gasteiger partial charge is 0.466 e. The number of benzene rings is 1. The van der Waals surface area contributed by atoms with Crippen molar-refractivity contribution in [3.05, 3.63) is 35.9 Å². The molecule has 1 aliphatic rings. The van der Waals surface area contributed by atoms with E-state index in [1.54, 1.807) is 18.7 Å². The molecule has 0 bridgehead atoms. The van der Waals surface area contributed by atoms with Crippen molar-refractivity contribution in [3.63, 3.8) is 0 Å². The molecule has 0 atom stereocenters. The van der Waals surface area contributed by atoms with Crippen LogP contribution in [0.15, 0.2) is 30.3 Å². The molecule has 2 rings (SSSR count). The molecule has 0 spiro atoms. The van der Waals surface area contributed by atoms with E-state index in [1.807, 2.05) is 30.3 Å². The minimum atomic E-state index is -0.628. The molecular weight excluding hydrogens is 332 g/mol. The number of amides is 2. The number of hydrogen-bond donors (Lipinski definition) is 1. The molecule has 1 N–H and O–H groups in total. The van der Waals surface area contributed by atoms with Gasteiger partial charge in [0, 0.05) is 33.0 Å². The minimum absolute atomic E-state index is 0.0317. The topological polar surface area (TPSA) is 75.7 Å². The lowest BCUT2D eigenvalue weighted by Gasteiger charge is -2.40. The van der Waals surface area contributed by atoms with Crippen LogP contribution < -0.4 is 5.32 Å². The third-order valence-electron chi connectivity index (χ3n) is 4.97. The Hall–Kier alpha value is -2.37. The lowest BCUT2D eigenvalue weighted by Crippen LogP contribution is -2.52. The molecule has 0 aromatic heterocycles. The number of esters is 1. The van der Waals surface area contributed by atoms with Gasteiger partial charge in [-0.05, 0) is 31.7 Å². The van der Waals surface area contributed by atoms with Crippen molar-refractivity contribution >= 4 is 17.8 Å². The molecule has 2 amide bonds. The van der Waals surface area contributed by atoms with Crippen LogP contribution in [0.1, 0.15) is 45.1 Å². The predicted molar refractivity (Wildman–Crippen MR) is 98.5 cm³/mol. The van der Waals surface area contributed by atoms with E-state index in [1.165, 1.54) is 0 Å². The SMILES string of the molecule is CCOC(=O)CCCNC(=O)C1(c2ccccc2)CCN(C(C)=O)CC1. The Kier molecular flexibility index (Phi) is 7.18. The quantitative estimate of drug-likeness (QED) is 0.596. The minimum Gasteiger partial charge on any atom is -0.466 e. The van der Waals surface area contributed by atoms with Crippen LogP contribution in [0.5, 0.6) is 0 Å². The maximum absolute atomic E-state index is 13.0. The van der Waals surface area contributed by atoms with E-state index in [9.17, 15) is 14.4 Å². The molecule has 0 radical (unpaired) electrons. The lowest BCUT2D eigenvalue weighted by molar-refractivity contribution is -0.143. The molecule has 6 nitrogen and oxygen atoms in total. The van der Waals surface area contributed by atoms with Gasteiger partial charge in [-0.15, -0.1) is 0 Å². The Morgan fingerprint density at radius 3 is 2.38 bits per heavy atom. The number of carbonyl (C=O) groups excluding carboxylic acids is 3. The predicted octanol–water partition coefficient (Wildman–Crippen LogP) is 2.03. The molecular formula is C20H28N2O4. The molecule has 0 saturated carbocycles. The first kappa shape index (κ1) is 19.9. The maximum Gasteiger partial charge on any atom is 0.305 e. The highest BCUT2D eigenvalue weighted by atomic mass is 16.5. The number of nitrogens with zero attached hydrogens (tertiary/aromatic N) is 1. The number of rotatable bonds is 7. The molecule has 0 unspecified atom stereocenters. The standard InChI is InChI=1S/C20H28N2O4/c1-3-26-18(24)10-7-13-21-19(25)20(17-8-5-4-6-9-17)11-14-22(15-12-20)16(2)23/h4-6,8-9H,3,7,10-15H2,1-2H3,(H,21,25). The van der Waals surface area contributed by atoms with Crippen molar-refractivity contribution in [3.8, 4) is 0 Å². The van der Waals surface area contributed by atoms with Crippen LogP contribution in [0.4, 0.5) is 0 Å². The van der Waals surface area contributed by atoms with Gasteiger partial charge in [0.15, 0.2) is 0 Å². The van der Waals surface area contributed by atoms with Gasteiger partial charge in [-0.3, -0.25) is 14.4 Å². The number of piperidine rings is 1. The van der Waals surface area contributed by atoms with E-state index in [4.69, 9.17) is 4.74 Å². The monoisotopic (exact) mass is 360 g/mol. The molecule has 142 valence electrons. The summed E-state index contributed by atoms with van der Waals surface area (Å²) in [4.78, 5) is 37.9. The summed E-state index contributed by atoms with van der Waals surface area (Å²) in [5.74, 6) is -0.230. The molecule has 1 saturated heterocycles. The number of hydrogen-bond acceptors (Lipinski definition) is 4. The van der Waals surface area contributed by atoms with Crippen molar-refractivity contribution in [2.45, 2.75) is 44.9 Å². The van der Waals surface area contributed by atoms with Crippen LogP contribution in [0.25, 0.3) is 0 Å². The van der Waals surface area contributed by atoms with E-state index in [-0.39, 0.29) is 17.8 Å². The van der Waals surface area contributed by atoms with Crippen molar-refractivity contribution in [1.82, 2.24) is 10.2 Å². The van der Waals surface area contributed by atoms with Gasteiger partial charge in [-0.1, -0.05) is 30.3 Å². The average Bonchev–Trinajstić information content (AvgIpc) is 2.66. The number of ether oxygens (including phenoxy) is 1. The zero-order valence-electron chi connectivity index (χ0n) is 15.6. The number of likely N-dealkylation sites (tertiary alicyclic amines) is 1. The zero-order valence-corrected chi connectivity index (χ0v) is 15.6. The van der Waals surface area contributed by atoms with Crippen LogP contribution in [0, 0.1) is 0 Å². The molecule has 26 heavy (non-hydrogen) atoms. The summed E-state index contributed by atoms with van der Waals surface area (Å²) in [5, 5.41) is 2.98. The highest BCUT2D eigenvalue weighted by Gasteiger charge is 2.43. The van der Waals surface area contributed by atoms with Gasteiger partial charge in [-0.25, -0.2) is 0 Å². The summed E-state index contributed by atoms with van der Waals surface area (Å²) in [6.07, 6.45) is 2.04. The molecule has 0 aliphatic carbocycles. The van der Waals surface area contributed by atoms with Gasteiger partial charge in [0.1, 0.15) is 0 Å². The number of nitrogens with one attached hydrogen (secondary N) is 1. The molecule has 1 aliphatic heterocycles.